The largest absolute Gasteiger partial charge is 0.412 e. The quantitative estimate of drug-likeness (QED) is 0.704. The van der Waals surface area contributed by atoms with Crippen LogP contribution < -0.4 is 0 Å². The number of hydrogen-bond acceptors (Lipinski definition) is 2. The molecule has 88 valence electrons. The smallest absolute Gasteiger partial charge is 0.0563 e. The molecule has 3 N–H and O–H groups in total. The van der Waals surface area contributed by atoms with Gasteiger partial charge in [-0.3, -0.25) is 0 Å². The van der Waals surface area contributed by atoms with E-state index in [1.165, 1.54) is 25.8 Å². The lowest BCUT2D eigenvalue weighted by molar-refractivity contribution is 0.102. The molecule has 1 saturated heterocycles. The van der Waals surface area contributed by atoms with Crippen molar-refractivity contribution in [2.45, 2.75) is 58.6 Å². The first-order chi connectivity index (χ1) is 5.84. The average molecular weight is 205 g/mol. The summed E-state index contributed by atoms with van der Waals surface area (Å²) < 4.78 is 0. The predicted octanol–water partition coefficient (Wildman–Crippen LogP) is 1.44. The van der Waals surface area contributed by atoms with Crippen LogP contribution in [0.25, 0.3) is 0 Å². The van der Waals surface area contributed by atoms with Crippen molar-refractivity contribution in [3.8, 4) is 0 Å². The van der Waals surface area contributed by atoms with E-state index in [1.54, 1.807) is 20.8 Å². The first kappa shape index (κ1) is 16.3. The molecule has 0 saturated carbocycles. The number of nitrogens with zero attached hydrogens (tertiary/aromatic N) is 1. The Balaban J connectivity index is 0. The summed E-state index contributed by atoms with van der Waals surface area (Å²) in [5, 5.41) is 8.52. The Labute approximate surface area is 88.4 Å². The van der Waals surface area contributed by atoms with Crippen LogP contribution in [0.4, 0.5) is 0 Å². The van der Waals surface area contributed by atoms with Crippen LogP contribution in [0, 0.1) is 0 Å². The van der Waals surface area contributed by atoms with Crippen LogP contribution in [0.2, 0.25) is 0 Å². The third-order valence-corrected chi connectivity index (χ3v) is 2.14. The Morgan fingerprint density at radius 2 is 1.79 bits per heavy atom. The van der Waals surface area contributed by atoms with Crippen molar-refractivity contribution >= 4 is 0 Å². The van der Waals surface area contributed by atoms with Crippen molar-refractivity contribution in [3.05, 3.63) is 0 Å². The minimum Gasteiger partial charge on any atom is -0.412 e. The first-order valence-electron chi connectivity index (χ1n) is 5.27. The van der Waals surface area contributed by atoms with Crippen molar-refractivity contribution in [1.82, 2.24) is 4.90 Å². The normalized spacial score (nSPS) is 22.3. The van der Waals surface area contributed by atoms with Gasteiger partial charge in [0.25, 0.3) is 0 Å². The second-order valence-electron chi connectivity index (χ2n) is 4.86. The molecular weight excluding hydrogens is 178 g/mol. The zero-order chi connectivity index (χ0) is 10.5. The van der Waals surface area contributed by atoms with Gasteiger partial charge >= 0.3 is 0 Å². The number of rotatable bonds is 1. The van der Waals surface area contributed by atoms with Gasteiger partial charge in [0.05, 0.1) is 5.60 Å². The summed E-state index contributed by atoms with van der Waals surface area (Å²) in [5.41, 5.74) is -0.500. The molecule has 1 heterocycles. The van der Waals surface area contributed by atoms with Crippen LogP contribution in [0.5, 0.6) is 0 Å². The lowest BCUT2D eigenvalue weighted by Gasteiger charge is -2.16. The van der Waals surface area contributed by atoms with Gasteiger partial charge in [-0.15, -0.1) is 0 Å². The van der Waals surface area contributed by atoms with Gasteiger partial charge < -0.3 is 15.5 Å². The van der Waals surface area contributed by atoms with Crippen molar-refractivity contribution in [2.24, 2.45) is 0 Å². The maximum atomic E-state index is 8.52. The average Bonchev–Trinajstić information content (AvgIpc) is 2.31. The molecule has 0 bridgehead atoms. The molecular formula is C11H27NO2. The Morgan fingerprint density at radius 1 is 1.36 bits per heavy atom. The predicted molar refractivity (Wildman–Crippen MR) is 61.5 cm³/mol. The molecule has 0 unspecified atom stereocenters. The monoisotopic (exact) mass is 205 g/mol. The molecule has 0 aromatic heterocycles. The first-order valence-corrected chi connectivity index (χ1v) is 5.27. The van der Waals surface area contributed by atoms with E-state index in [1.807, 2.05) is 0 Å². The summed E-state index contributed by atoms with van der Waals surface area (Å²) >= 11 is 0. The molecule has 0 radical (unpaired) electrons. The summed E-state index contributed by atoms with van der Waals surface area (Å²) in [5.74, 6) is 0. The van der Waals surface area contributed by atoms with Crippen molar-refractivity contribution in [2.75, 3.05) is 13.6 Å². The summed E-state index contributed by atoms with van der Waals surface area (Å²) in [6.07, 6.45) is 4.17. The van der Waals surface area contributed by atoms with Crippen molar-refractivity contribution in [1.29, 1.82) is 0 Å². The van der Waals surface area contributed by atoms with Gasteiger partial charge in [0.2, 0.25) is 0 Å². The molecule has 1 aliphatic heterocycles. The van der Waals surface area contributed by atoms with Crippen molar-refractivity contribution < 1.29 is 10.6 Å². The maximum absolute atomic E-state index is 8.52. The van der Waals surface area contributed by atoms with Crippen LogP contribution in [0.3, 0.4) is 0 Å². The van der Waals surface area contributed by atoms with Crippen molar-refractivity contribution in [3.63, 3.8) is 0 Å². The second kappa shape index (κ2) is 7.21. The molecule has 0 amide bonds. The molecule has 1 atom stereocenters. The maximum Gasteiger partial charge on any atom is 0.0563 e. The van der Waals surface area contributed by atoms with E-state index in [9.17, 15) is 0 Å². The van der Waals surface area contributed by atoms with E-state index >= 15 is 0 Å². The van der Waals surface area contributed by atoms with Gasteiger partial charge in [-0.25, -0.2) is 0 Å². The number of likely N-dealkylation sites (tertiary alicyclic amines) is 1. The van der Waals surface area contributed by atoms with Gasteiger partial charge in [0.15, 0.2) is 0 Å². The topological polar surface area (TPSA) is 55.0 Å². The molecule has 1 aliphatic rings. The SMILES string of the molecule is CC(C)(C)O.CC[C@@H]1CCCN1C.O. The zero-order valence-corrected chi connectivity index (χ0v) is 10.3. The number of aliphatic hydroxyl groups is 1. The zero-order valence-electron chi connectivity index (χ0n) is 10.3. The van der Waals surface area contributed by atoms with Gasteiger partial charge in [0, 0.05) is 6.04 Å². The Kier molecular flexibility index (Phi) is 8.40. The minimum absolute atomic E-state index is 0. The molecule has 0 spiro atoms. The summed E-state index contributed by atoms with van der Waals surface area (Å²) in [4.78, 5) is 2.46. The van der Waals surface area contributed by atoms with E-state index < -0.39 is 5.60 Å². The third kappa shape index (κ3) is 9.96. The molecule has 1 fully saturated rings. The van der Waals surface area contributed by atoms with Gasteiger partial charge in [-0.05, 0) is 53.6 Å². The van der Waals surface area contributed by atoms with E-state index in [-0.39, 0.29) is 5.48 Å². The fraction of sp³-hybridized carbons (Fsp3) is 1.00. The Morgan fingerprint density at radius 3 is 1.93 bits per heavy atom. The van der Waals surface area contributed by atoms with Gasteiger partial charge in [-0.2, -0.15) is 0 Å². The highest BCUT2D eigenvalue weighted by molar-refractivity contribution is 4.73. The van der Waals surface area contributed by atoms with Gasteiger partial charge in [0.1, 0.15) is 0 Å². The summed E-state index contributed by atoms with van der Waals surface area (Å²) in [7, 11) is 2.22. The molecule has 1 rings (SSSR count). The molecule has 3 nitrogen and oxygen atoms in total. The minimum atomic E-state index is -0.500. The highest BCUT2D eigenvalue weighted by atomic mass is 16.3. The van der Waals surface area contributed by atoms with E-state index in [4.69, 9.17) is 5.11 Å². The number of hydrogen-bond donors (Lipinski definition) is 1. The fourth-order valence-electron chi connectivity index (χ4n) is 1.50. The van der Waals surface area contributed by atoms with Crippen LogP contribution in [0.1, 0.15) is 47.0 Å². The summed E-state index contributed by atoms with van der Waals surface area (Å²) in [6, 6.07) is 0.898. The lowest BCUT2D eigenvalue weighted by atomic mass is 10.2. The molecule has 0 aromatic carbocycles. The second-order valence-corrected chi connectivity index (χ2v) is 4.86. The Hall–Kier alpha value is -0.120. The van der Waals surface area contributed by atoms with Crippen LogP contribution >= 0.6 is 0 Å². The van der Waals surface area contributed by atoms with Crippen LogP contribution in [-0.4, -0.2) is 40.7 Å². The molecule has 0 aromatic rings. The molecule has 14 heavy (non-hydrogen) atoms. The van der Waals surface area contributed by atoms with Crippen LogP contribution in [-0.2, 0) is 0 Å². The van der Waals surface area contributed by atoms with Gasteiger partial charge in [-0.1, -0.05) is 6.92 Å². The fourth-order valence-corrected chi connectivity index (χ4v) is 1.50. The molecule has 0 aliphatic carbocycles. The van der Waals surface area contributed by atoms with E-state index in [0.717, 1.165) is 6.04 Å². The lowest BCUT2D eigenvalue weighted by Crippen LogP contribution is -2.23. The highest BCUT2D eigenvalue weighted by Crippen LogP contribution is 2.16. The standard InChI is InChI=1S/C7H15N.C4H10O.H2O/c1-3-7-5-4-6-8(7)2;1-4(2,3)5;/h7H,3-6H2,1-2H3;5H,1-3H3;1H2/t7-;;/m1../s1. The van der Waals surface area contributed by atoms with Crippen LogP contribution in [0.15, 0.2) is 0 Å². The summed E-state index contributed by atoms with van der Waals surface area (Å²) in [6.45, 7) is 8.82. The molecule has 3 heteroatoms. The van der Waals surface area contributed by atoms with E-state index in [0.29, 0.717) is 0 Å². The Bertz CT molecular complexity index is 126. The third-order valence-electron chi connectivity index (χ3n) is 2.14. The highest BCUT2D eigenvalue weighted by Gasteiger charge is 2.17. The van der Waals surface area contributed by atoms with E-state index in [2.05, 4.69) is 18.9 Å².